The van der Waals surface area contributed by atoms with E-state index in [1.165, 1.54) is 12.1 Å². The highest BCUT2D eigenvalue weighted by Crippen LogP contribution is 2.06. The van der Waals surface area contributed by atoms with Gasteiger partial charge in [-0.15, -0.1) is 0 Å². The molecule has 1 atom stereocenters. The largest absolute Gasteiger partial charge is 0.480 e. The molecule has 7 nitrogen and oxygen atoms in total. The Hall–Kier alpha value is -2.88. The van der Waals surface area contributed by atoms with Crippen LogP contribution in [0.3, 0.4) is 0 Å². The minimum Gasteiger partial charge on any atom is -0.480 e. The Morgan fingerprint density at radius 2 is 1.90 bits per heavy atom. The molecule has 0 radical (unpaired) electrons. The van der Waals surface area contributed by atoms with Gasteiger partial charge in [-0.3, -0.25) is 9.59 Å². The predicted molar refractivity (Wildman–Crippen MR) is 73.1 cm³/mol. The SMILES string of the molecule is N#CCc1ccc(C(=O)NC(CCC(N)=O)C(=O)O)cc1. The zero-order chi connectivity index (χ0) is 15.8. The number of nitriles is 1. The lowest BCUT2D eigenvalue weighted by Crippen LogP contribution is -2.41. The van der Waals surface area contributed by atoms with Crippen LogP contribution in [-0.2, 0) is 16.0 Å². The van der Waals surface area contributed by atoms with Crippen molar-refractivity contribution >= 4 is 17.8 Å². The van der Waals surface area contributed by atoms with Gasteiger partial charge in [0.1, 0.15) is 6.04 Å². The Labute approximate surface area is 121 Å². The molecule has 0 spiro atoms. The summed E-state index contributed by atoms with van der Waals surface area (Å²) in [6.45, 7) is 0. The molecule has 0 saturated carbocycles. The molecule has 21 heavy (non-hydrogen) atoms. The lowest BCUT2D eigenvalue weighted by atomic mass is 10.1. The fourth-order valence-corrected chi connectivity index (χ4v) is 1.65. The molecule has 7 heteroatoms. The van der Waals surface area contributed by atoms with Gasteiger partial charge in [-0.05, 0) is 24.1 Å². The highest BCUT2D eigenvalue weighted by molar-refractivity contribution is 5.96. The Kier molecular flexibility index (Phi) is 5.89. The van der Waals surface area contributed by atoms with Crippen LogP contribution in [0.25, 0.3) is 0 Å². The van der Waals surface area contributed by atoms with E-state index in [2.05, 4.69) is 5.32 Å². The first-order valence-corrected chi connectivity index (χ1v) is 6.22. The van der Waals surface area contributed by atoms with Crippen molar-refractivity contribution in [2.45, 2.75) is 25.3 Å². The second kappa shape index (κ2) is 7.65. The van der Waals surface area contributed by atoms with Crippen molar-refractivity contribution in [3.8, 4) is 6.07 Å². The Morgan fingerprint density at radius 3 is 2.38 bits per heavy atom. The maximum atomic E-state index is 11.9. The normalized spacial score (nSPS) is 11.2. The molecular weight excluding hydrogens is 274 g/mol. The smallest absolute Gasteiger partial charge is 0.326 e. The predicted octanol–water partition coefficient (Wildman–Crippen LogP) is 0.201. The van der Waals surface area contributed by atoms with Crippen molar-refractivity contribution in [3.05, 3.63) is 35.4 Å². The number of carbonyl (C=O) groups is 3. The molecule has 0 fully saturated rings. The summed E-state index contributed by atoms with van der Waals surface area (Å²) in [6.07, 6.45) is 0.0412. The average molecular weight is 289 g/mol. The second-order valence-electron chi connectivity index (χ2n) is 4.40. The fourth-order valence-electron chi connectivity index (χ4n) is 1.65. The number of rotatable bonds is 7. The highest BCUT2D eigenvalue weighted by atomic mass is 16.4. The number of primary amides is 1. The fraction of sp³-hybridized carbons (Fsp3) is 0.286. The van der Waals surface area contributed by atoms with E-state index in [1.54, 1.807) is 12.1 Å². The number of carbonyl (C=O) groups excluding carboxylic acids is 2. The van der Waals surface area contributed by atoms with E-state index in [0.29, 0.717) is 0 Å². The first-order chi connectivity index (χ1) is 9.93. The zero-order valence-electron chi connectivity index (χ0n) is 11.2. The number of aliphatic carboxylic acids is 1. The van der Waals surface area contributed by atoms with E-state index in [1.807, 2.05) is 6.07 Å². The van der Waals surface area contributed by atoms with E-state index in [0.717, 1.165) is 5.56 Å². The van der Waals surface area contributed by atoms with Gasteiger partial charge >= 0.3 is 5.97 Å². The van der Waals surface area contributed by atoms with Gasteiger partial charge < -0.3 is 16.2 Å². The van der Waals surface area contributed by atoms with Crippen molar-refractivity contribution < 1.29 is 19.5 Å². The van der Waals surface area contributed by atoms with Gasteiger partial charge in [0.15, 0.2) is 0 Å². The Bertz CT molecular complexity index is 575. The molecule has 0 aliphatic carbocycles. The summed E-state index contributed by atoms with van der Waals surface area (Å²) in [5, 5.41) is 19.9. The molecule has 0 bridgehead atoms. The van der Waals surface area contributed by atoms with Gasteiger partial charge in [0.2, 0.25) is 5.91 Å². The molecule has 1 rings (SSSR count). The summed E-state index contributed by atoms with van der Waals surface area (Å²) >= 11 is 0. The van der Waals surface area contributed by atoms with Crippen LogP contribution in [0.4, 0.5) is 0 Å². The minimum atomic E-state index is -1.23. The molecule has 1 aromatic rings. The van der Waals surface area contributed by atoms with Crippen molar-refractivity contribution in [2.24, 2.45) is 5.73 Å². The van der Waals surface area contributed by atoms with E-state index in [4.69, 9.17) is 16.1 Å². The number of amides is 2. The monoisotopic (exact) mass is 289 g/mol. The maximum absolute atomic E-state index is 11.9. The third-order valence-electron chi connectivity index (χ3n) is 2.78. The number of nitrogens with two attached hydrogens (primary N) is 1. The highest BCUT2D eigenvalue weighted by Gasteiger charge is 2.21. The van der Waals surface area contributed by atoms with E-state index in [9.17, 15) is 14.4 Å². The summed E-state index contributed by atoms with van der Waals surface area (Å²) in [6, 6.07) is 7.07. The zero-order valence-corrected chi connectivity index (χ0v) is 11.2. The van der Waals surface area contributed by atoms with Crippen molar-refractivity contribution in [1.29, 1.82) is 5.26 Å². The number of nitrogens with zero attached hydrogens (tertiary/aromatic N) is 1. The lowest BCUT2D eigenvalue weighted by molar-refractivity contribution is -0.139. The Morgan fingerprint density at radius 1 is 1.29 bits per heavy atom. The second-order valence-corrected chi connectivity index (χ2v) is 4.40. The Balaban J connectivity index is 2.70. The van der Waals surface area contributed by atoms with E-state index < -0.39 is 23.8 Å². The number of carboxylic acid groups (broad SMARTS) is 1. The third kappa shape index (κ3) is 5.32. The first kappa shape index (κ1) is 16.2. The first-order valence-electron chi connectivity index (χ1n) is 6.22. The number of carboxylic acids is 1. The van der Waals surface area contributed by atoms with Gasteiger partial charge in [-0.1, -0.05) is 12.1 Å². The average Bonchev–Trinajstić information content (AvgIpc) is 2.43. The van der Waals surface area contributed by atoms with Crippen LogP contribution < -0.4 is 11.1 Å². The number of hydrogen-bond acceptors (Lipinski definition) is 4. The molecule has 4 N–H and O–H groups in total. The van der Waals surface area contributed by atoms with Crippen molar-refractivity contribution in [1.82, 2.24) is 5.32 Å². The van der Waals surface area contributed by atoms with E-state index >= 15 is 0 Å². The number of benzene rings is 1. The number of nitrogens with one attached hydrogen (secondary N) is 1. The molecule has 110 valence electrons. The third-order valence-corrected chi connectivity index (χ3v) is 2.78. The molecule has 0 saturated heterocycles. The molecule has 1 unspecified atom stereocenters. The number of hydrogen-bond donors (Lipinski definition) is 3. The van der Waals surface area contributed by atoms with Crippen LogP contribution >= 0.6 is 0 Å². The van der Waals surface area contributed by atoms with Gasteiger partial charge in [-0.25, -0.2) is 4.79 Å². The summed E-state index contributed by atoms with van der Waals surface area (Å²) in [5.74, 6) is -2.42. The van der Waals surface area contributed by atoms with Gasteiger partial charge in [0.05, 0.1) is 12.5 Å². The molecule has 2 amide bonds. The summed E-state index contributed by atoms with van der Waals surface area (Å²) < 4.78 is 0. The van der Waals surface area contributed by atoms with Crippen LogP contribution in [0.2, 0.25) is 0 Å². The molecule has 1 aromatic carbocycles. The lowest BCUT2D eigenvalue weighted by Gasteiger charge is -2.13. The molecule has 0 heterocycles. The minimum absolute atomic E-state index is 0.0665. The van der Waals surface area contributed by atoms with Crippen LogP contribution in [0.1, 0.15) is 28.8 Å². The summed E-state index contributed by atoms with van der Waals surface area (Å²) in [5.41, 5.74) is 6.00. The summed E-state index contributed by atoms with van der Waals surface area (Å²) in [7, 11) is 0. The van der Waals surface area contributed by atoms with Crippen LogP contribution in [0.15, 0.2) is 24.3 Å². The maximum Gasteiger partial charge on any atom is 0.326 e. The standard InChI is InChI=1S/C14H15N3O4/c15-8-7-9-1-3-10(4-2-9)13(19)17-11(14(20)21)5-6-12(16)18/h1-4,11H,5-7H2,(H2,16,18)(H,17,19)(H,20,21). The topological polar surface area (TPSA) is 133 Å². The molecule has 0 aliphatic heterocycles. The summed E-state index contributed by atoms with van der Waals surface area (Å²) in [4.78, 5) is 33.6. The van der Waals surface area contributed by atoms with Gasteiger partial charge in [-0.2, -0.15) is 5.26 Å². The quantitative estimate of drug-likeness (QED) is 0.659. The van der Waals surface area contributed by atoms with Gasteiger partial charge in [0.25, 0.3) is 5.91 Å². The van der Waals surface area contributed by atoms with Gasteiger partial charge in [0, 0.05) is 12.0 Å². The van der Waals surface area contributed by atoms with Crippen LogP contribution in [-0.4, -0.2) is 28.9 Å². The molecule has 0 aliphatic rings. The van der Waals surface area contributed by atoms with Crippen LogP contribution in [0, 0.1) is 11.3 Å². The van der Waals surface area contributed by atoms with Crippen molar-refractivity contribution in [2.75, 3.05) is 0 Å². The van der Waals surface area contributed by atoms with E-state index in [-0.39, 0.29) is 24.8 Å². The molecule has 0 aromatic heterocycles. The van der Waals surface area contributed by atoms with Crippen LogP contribution in [0.5, 0.6) is 0 Å². The van der Waals surface area contributed by atoms with Crippen molar-refractivity contribution in [3.63, 3.8) is 0 Å². The molecular formula is C14H15N3O4.